The summed E-state index contributed by atoms with van der Waals surface area (Å²) in [6.45, 7) is 16.5. The van der Waals surface area contributed by atoms with Gasteiger partial charge in [0.15, 0.2) is 0 Å². The Bertz CT molecular complexity index is 461. The van der Waals surface area contributed by atoms with Crippen molar-refractivity contribution in [3.63, 3.8) is 0 Å². The van der Waals surface area contributed by atoms with Crippen LogP contribution in [0.1, 0.15) is 38.8 Å². The van der Waals surface area contributed by atoms with E-state index >= 15 is 0 Å². The van der Waals surface area contributed by atoms with Crippen molar-refractivity contribution >= 4 is 24.4 Å². The summed E-state index contributed by atoms with van der Waals surface area (Å²) in [4.78, 5) is 0. The molecule has 0 aliphatic carbocycles. The van der Waals surface area contributed by atoms with Crippen molar-refractivity contribution in [1.29, 1.82) is 0 Å². The summed E-state index contributed by atoms with van der Waals surface area (Å²) < 4.78 is 0. The third kappa shape index (κ3) is 11.5. The Morgan fingerprint density at radius 1 is 0.652 bits per heavy atom. The molecule has 3 heteroatoms. The minimum atomic E-state index is -0.145. The van der Waals surface area contributed by atoms with Crippen LogP contribution in [0.4, 0.5) is 0 Å². The van der Waals surface area contributed by atoms with Gasteiger partial charge in [0.05, 0.1) is 0 Å². The minimum Gasteiger partial charge on any atom is -0.333 e. The molecule has 0 atom stereocenters. The molecule has 2 aromatic rings. The fraction of sp³-hybridized carbons (Fsp3) is 0.300. The van der Waals surface area contributed by atoms with E-state index in [2.05, 4.69) is 90.2 Å². The normalized spacial score (nSPS) is 10.4. The molecule has 0 aliphatic rings. The van der Waals surface area contributed by atoms with Crippen molar-refractivity contribution in [2.24, 2.45) is 0 Å². The van der Waals surface area contributed by atoms with Crippen LogP contribution >= 0.6 is 24.4 Å². The van der Waals surface area contributed by atoms with E-state index in [4.69, 9.17) is 0 Å². The van der Waals surface area contributed by atoms with E-state index in [0.717, 1.165) is 0 Å². The maximum absolute atomic E-state index is 4.04. The summed E-state index contributed by atoms with van der Waals surface area (Å²) in [5, 5.41) is 0. The Hall–Kier alpha value is 0.283. The molecular formula is C20H26Br2Zr. The van der Waals surface area contributed by atoms with Crippen molar-refractivity contribution in [2.45, 2.75) is 38.5 Å². The van der Waals surface area contributed by atoms with Crippen molar-refractivity contribution in [3.8, 4) is 0 Å². The number of hydrogen-bond acceptors (Lipinski definition) is 0. The molecule has 0 spiro atoms. The molecule has 0 saturated heterocycles. The van der Waals surface area contributed by atoms with Gasteiger partial charge < -0.3 is 13.8 Å². The van der Waals surface area contributed by atoms with Crippen LogP contribution < -0.4 is 0 Å². The number of rotatable bonds is 2. The minimum absolute atomic E-state index is 0.0429. The van der Waals surface area contributed by atoms with Crippen molar-refractivity contribution < 1.29 is 18.5 Å². The Kier molecular flexibility index (Phi) is 11.9. The molecule has 0 nitrogen and oxygen atoms in total. The van der Waals surface area contributed by atoms with E-state index in [1.165, 1.54) is 11.1 Å². The summed E-state index contributed by atoms with van der Waals surface area (Å²) in [6.07, 6.45) is 0. The van der Waals surface area contributed by atoms with E-state index in [0.29, 0.717) is 0 Å². The Morgan fingerprint density at radius 2 is 0.870 bits per heavy atom. The van der Waals surface area contributed by atoms with Gasteiger partial charge in [0.2, 0.25) is 0 Å². The molecule has 0 N–H and O–H groups in total. The van der Waals surface area contributed by atoms with E-state index in [-0.39, 0.29) is 29.4 Å². The monoisotopic (exact) mass is 514 g/mol. The maximum atomic E-state index is 4.04. The average molecular weight is 517 g/mol. The second-order valence-corrected chi connectivity index (χ2v) is 17.9. The molecule has 0 radical (unpaired) electrons. The van der Waals surface area contributed by atoms with Crippen molar-refractivity contribution in [3.05, 3.63) is 85.6 Å². The van der Waals surface area contributed by atoms with Gasteiger partial charge in [0.1, 0.15) is 0 Å². The van der Waals surface area contributed by atoms with E-state index in [1.807, 2.05) is 36.4 Å². The third-order valence-corrected chi connectivity index (χ3v) is 3.11. The van der Waals surface area contributed by atoms with Gasteiger partial charge >= 0.3 is 43.0 Å². The Morgan fingerprint density at radius 3 is 1.00 bits per heavy atom. The zero-order valence-electron chi connectivity index (χ0n) is 14.4. The van der Waals surface area contributed by atoms with Crippen LogP contribution in [0.15, 0.2) is 60.7 Å². The SMILES string of the molecule is [Br][Zr+2][Br].[CH2-]C(C)(C)c1ccccc1.[CH2-]C(C)(C)c1ccccc1. The summed E-state index contributed by atoms with van der Waals surface area (Å²) in [5.74, 6) is 0. The van der Waals surface area contributed by atoms with Crippen LogP contribution in [0.25, 0.3) is 0 Å². The standard InChI is InChI=1S/2C10H13.2BrH.Zr/c2*1-10(2,3)9-7-5-4-6-8-9;;;/h2*4-8H,1H2,2-3H3;2*1H;/q2*-1;;;+4/p-2. The van der Waals surface area contributed by atoms with E-state index < -0.39 is 0 Å². The zero-order valence-corrected chi connectivity index (χ0v) is 20.1. The van der Waals surface area contributed by atoms with Gasteiger partial charge in [-0.2, -0.15) is 0 Å². The van der Waals surface area contributed by atoms with Crippen LogP contribution in [0.3, 0.4) is 0 Å². The Labute approximate surface area is 165 Å². The van der Waals surface area contributed by atoms with Crippen molar-refractivity contribution in [2.75, 3.05) is 0 Å². The summed E-state index contributed by atoms with van der Waals surface area (Å²) in [7, 11) is 0. The molecule has 0 saturated carbocycles. The van der Waals surface area contributed by atoms with E-state index in [9.17, 15) is 0 Å². The molecule has 0 amide bonds. The third-order valence-electron chi connectivity index (χ3n) is 3.11. The fourth-order valence-corrected chi connectivity index (χ4v) is 1.78. The van der Waals surface area contributed by atoms with Gasteiger partial charge in [-0.15, -0.1) is 10.8 Å². The molecule has 124 valence electrons. The van der Waals surface area contributed by atoms with Gasteiger partial charge in [0.25, 0.3) is 0 Å². The first-order chi connectivity index (χ1) is 10.6. The quantitative estimate of drug-likeness (QED) is 0.367. The van der Waals surface area contributed by atoms with Gasteiger partial charge in [-0.3, -0.25) is 0 Å². The molecule has 0 aliphatic heterocycles. The largest absolute Gasteiger partial charge is 0.333 e. The molecule has 23 heavy (non-hydrogen) atoms. The predicted molar refractivity (Wildman–Crippen MR) is 108 cm³/mol. The van der Waals surface area contributed by atoms with Gasteiger partial charge in [-0.1, -0.05) is 99.5 Å². The average Bonchev–Trinajstić information content (AvgIpc) is 2.49. The van der Waals surface area contributed by atoms with Gasteiger partial charge in [0, 0.05) is 0 Å². The number of benzene rings is 2. The first kappa shape index (κ1) is 23.3. The molecule has 0 fully saturated rings. The van der Waals surface area contributed by atoms with Crippen LogP contribution in [0, 0.1) is 13.8 Å². The first-order valence-electron chi connectivity index (χ1n) is 7.41. The molecule has 0 aromatic heterocycles. The van der Waals surface area contributed by atoms with Crippen LogP contribution in [-0.2, 0) is 29.4 Å². The second kappa shape index (κ2) is 11.8. The van der Waals surface area contributed by atoms with Crippen molar-refractivity contribution in [1.82, 2.24) is 0 Å². The molecule has 0 bridgehead atoms. The van der Waals surface area contributed by atoms with Crippen LogP contribution in [-0.4, -0.2) is 0 Å². The zero-order chi connectivity index (χ0) is 17.9. The topological polar surface area (TPSA) is 0 Å². The molecule has 2 rings (SSSR count). The molecule has 2 aromatic carbocycles. The summed E-state index contributed by atoms with van der Waals surface area (Å²) >= 11 is 6.32. The van der Waals surface area contributed by atoms with Crippen LogP contribution in [0.5, 0.6) is 0 Å². The second-order valence-electron chi connectivity index (χ2n) is 6.57. The molecule has 0 unspecified atom stereocenters. The van der Waals surface area contributed by atoms with E-state index in [1.54, 1.807) is 0 Å². The van der Waals surface area contributed by atoms with Crippen LogP contribution in [0.2, 0.25) is 0 Å². The summed E-state index contributed by atoms with van der Waals surface area (Å²) in [5.41, 5.74) is 2.66. The first-order valence-corrected chi connectivity index (χ1v) is 18.6. The molecule has 0 heterocycles. The smallest absolute Gasteiger partial charge is 0.0611 e. The maximum Gasteiger partial charge on any atom is -0.0611 e. The molecular weight excluding hydrogens is 491 g/mol. The summed E-state index contributed by atoms with van der Waals surface area (Å²) in [6, 6.07) is 20.6. The predicted octanol–water partition coefficient (Wildman–Crippen LogP) is 7.29. The fourth-order valence-electron chi connectivity index (χ4n) is 1.78. The number of hydrogen-bond donors (Lipinski definition) is 0. The van der Waals surface area contributed by atoms with Gasteiger partial charge in [-0.05, 0) is 0 Å². The van der Waals surface area contributed by atoms with Gasteiger partial charge in [-0.25, -0.2) is 0 Å². The Balaban J connectivity index is 0.000000360. The number of halogens is 2.